The van der Waals surface area contributed by atoms with Gasteiger partial charge in [0.15, 0.2) is 16.6 Å². The molecule has 1 aliphatic rings. The van der Waals surface area contributed by atoms with Gasteiger partial charge in [-0.05, 0) is 23.8 Å². The Morgan fingerprint density at radius 3 is 2.72 bits per heavy atom. The Balaban J connectivity index is 1.62. The van der Waals surface area contributed by atoms with Crippen LogP contribution in [0, 0.1) is 10.1 Å². The predicted molar refractivity (Wildman–Crippen MR) is 95.8 cm³/mol. The number of nitrogens with zero attached hydrogens (tertiary/aromatic N) is 2. The van der Waals surface area contributed by atoms with Crippen LogP contribution < -0.4 is 20.2 Å². The minimum absolute atomic E-state index is 0.0405. The molecule has 2 aromatic carbocycles. The molecular formula is C16H14N4O4S. The summed E-state index contributed by atoms with van der Waals surface area (Å²) in [5.41, 5.74) is 3.86. The number of nitrogens with one attached hydrogen (secondary N) is 2. The number of ether oxygens (including phenoxy) is 2. The van der Waals surface area contributed by atoms with Crippen molar-refractivity contribution in [3.63, 3.8) is 0 Å². The second-order valence-electron chi connectivity index (χ2n) is 5.06. The van der Waals surface area contributed by atoms with E-state index in [-0.39, 0.29) is 18.0 Å². The van der Waals surface area contributed by atoms with Crippen molar-refractivity contribution in [2.45, 2.75) is 6.54 Å². The summed E-state index contributed by atoms with van der Waals surface area (Å²) in [5.74, 6) is 0.786. The summed E-state index contributed by atoms with van der Waals surface area (Å²) < 4.78 is 10.4. The van der Waals surface area contributed by atoms with E-state index >= 15 is 0 Å². The van der Waals surface area contributed by atoms with Gasteiger partial charge in [0.05, 0.1) is 22.8 Å². The van der Waals surface area contributed by atoms with E-state index in [4.69, 9.17) is 21.7 Å². The highest BCUT2D eigenvalue weighted by atomic mass is 32.1. The van der Waals surface area contributed by atoms with E-state index in [2.05, 4.69) is 15.8 Å². The van der Waals surface area contributed by atoms with Gasteiger partial charge in [-0.1, -0.05) is 30.3 Å². The molecule has 1 aliphatic heterocycles. The molecule has 9 heteroatoms. The molecule has 2 N–H and O–H groups in total. The van der Waals surface area contributed by atoms with Gasteiger partial charge in [0.25, 0.3) is 5.69 Å². The van der Waals surface area contributed by atoms with Gasteiger partial charge in [-0.15, -0.1) is 0 Å². The molecule has 128 valence electrons. The lowest BCUT2D eigenvalue weighted by Gasteiger charge is -2.06. The van der Waals surface area contributed by atoms with Gasteiger partial charge in [-0.3, -0.25) is 15.5 Å². The molecule has 8 nitrogen and oxygen atoms in total. The van der Waals surface area contributed by atoms with Gasteiger partial charge in [0.1, 0.15) is 0 Å². The van der Waals surface area contributed by atoms with E-state index in [1.807, 2.05) is 30.3 Å². The molecular weight excluding hydrogens is 344 g/mol. The second kappa shape index (κ2) is 7.58. The van der Waals surface area contributed by atoms with Gasteiger partial charge >= 0.3 is 0 Å². The van der Waals surface area contributed by atoms with Crippen LogP contribution in [0.3, 0.4) is 0 Å². The van der Waals surface area contributed by atoms with E-state index in [0.717, 1.165) is 5.56 Å². The normalized spacial score (nSPS) is 12.2. The Hall–Kier alpha value is -3.20. The van der Waals surface area contributed by atoms with Crippen molar-refractivity contribution < 1.29 is 14.4 Å². The van der Waals surface area contributed by atoms with Gasteiger partial charge in [0, 0.05) is 6.54 Å². The standard InChI is InChI=1S/C16H14N4O4S/c21-20(22)13-7-15-14(23-10-24-15)6-12(13)9-18-19-16(25)17-8-11-4-2-1-3-5-11/h1-7,9H,8,10H2,(H2,17,19,25)/b18-9+. The summed E-state index contributed by atoms with van der Waals surface area (Å²) in [5, 5.41) is 18.4. The van der Waals surface area contributed by atoms with Crippen molar-refractivity contribution >= 4 is 29.2 Å². The van der Waals surface area contributed by atoms with Crippen LogP contribution in [0.5, 0.6) is 11.5 Å². The Morgan fingerprint density at radius 1 is 1.28 bits per heavy atom. The Kier molecular flexibility index (Phi) is 5.05. The van der Waals surface area contributed by atoms with E-state index in [0.29, 0.717) is 23.2 Å². The molecule has 0 radical (unpaired) electrons. The first kappa shape index (κ1) is 16.7. The monoisotopic (exact) mass is 358 g/mol. The van der Waals surface area contributed by atoms with Crippen molar-refractivity contribution in [2.24, 2.45) is 5.10 Å². The lowest BCUT2D eigenvalue weighted by Crippen LogP contribution is -2.31. The lowest BCUT2D eigenvalue weighted by atomic mass is 10.1. The van der Waals surface area contributed by atoms with Crippen LogP contribution >= 0.6 is 12.2 Å². The summed E-state index contributed by atoms with van der Waals surface area (Å²) in [6.45, 7) is 0.588. The first-order valence-corrected chi connectivity index (χ1v) is 7.73. The van der Waals surface area contributed by atoms with Crippen LogP contribution in [-0.2, 0) is 6.54 Å². The van der Waals surface area contributed by atoms with E-state index in [9.17, 15) is 10.1 Å². The number of hydrogen-bond donors (Lipinski definition) is 2. The first-order chi connectivity index (χ1) is 12.1. The lowest BCUT2D eigenvalue weighted by molar-refractivity contribution is -0.385. The van der Waals surface area contributed by atoms with Gasteiger partial charge in [-0.25, -0.2) is 0 Å². The van der Waals surface area contributed by atoms with Gasteiger partial charge in [0.2, 0.25) is 6.79 Å². The van der Waals surface area contributed by atoms with Crippen molar-refractivity contribution in [3.8, 4) is 11.5 Å². The van der Waals surface area contributed by atoms with Gasteiger partial charge < -0.3 is 14.8 Å². The number of hydrogen-bond acceptors (Lipinski definition) is 6. The van der Waals surface area contributed by atoms with Crippen LogP contribution in [0.15, 0.2) is 47.6 Å². The highest BCUT2D eigenvalue weighted by Crippen LogP contribution is 2.37. The summed E-state index contributed by atoms with van der Waals surface area (Å²) in [4.78, 5) is 10.7. The van der Waals surface area contributed by atoms with Crippen molar-refractivity contribution in [2.75, 3.05) is 6.79 Å². The third-order valence-corrected chi connectivity index (χ3v) is 3.62. The number of thiocarbonyl (C=S) groups is 1. The highest BCUT2D eigenvalue weighted by Gasteiger charge is 2.22. The number of nitro benzene ring substituents is 1. The largest absolute Gasteiger partial charge is 0.454 e. The maximum Gasteiger partial charge on any atom is 0.282 e. The third-order valence-electron chi connectivity index (χ3n) is 3.38. The van der Waals surface area contributed by atoms with Crippen molar-refractivity contribution in [1.82, 2.24) is 10.7 Å². The quantitative estimate of drug-likeness (QED) is 0.366. The van der Waals surface area contributed by atoms with E-state index < -0.39 is 4.92 Å². The van der Waals surface area contributed by atoms with Gasteiger partial charge in [-0.2, -0.15) is 5.10 Å². The van der Waals surface area contributed by atoms with Crippen LogP contribution in [0.25, 0.3) is 0 Å². The molecule has 0 fully saturated rings. The molecule has 0 spiro atoms. The molecule has 0 bridgehead atoms. The summed E-state index contributed by atoms with van der Waals surface area (Å²) in [7, 11) is 0. The molecule has 2 aromatic rings. The van der Waals surface area contributed by atoms with E-state index in [1.165, 1.54) is 18.3 Å². The van der Waals surface area contributed by atoms with Crippen LogP contribution in [-0.4, -0.2) is 23.0 Å². The fourth-order valence-corrected chi connectivity index (χ4v) is 2.31. The topological polar surface area (TPSA) is 98.0 Å². The molecule has 0 atom stereocenters. The smallest absolute Gasteiger partial charge is 0.282 e. The zero-order chi connectivity index (χ0) is 17.6. The number of fused-ring (bicyclic) bond motifs is 1. The second-order valence-corrected chi connectivity index (χ2v) is 5.47. The third kappa shape index (κ3) is 4.21. The molecule has 0 saturated heterocycles. The molecule has 0 unspecified atom stereocenters. The fourth-order valence-electron chi connectivity index (χ4n) is 2.19. The molecule has 1 heterocycles. The molecule has 0 aromatic heterocycles. The van der Waals surface area contributed by atoms with E-state index in [1.54, 1.807) is 0 Å². The van der Waals surface area contributed by atoms with Crippen LogP contribution in [0.2, 0.25) is 0 Å². The predicted octanol–water partition coefficient (Wildman–Crippen LogP) is 2.32. The average molecular weight is 358 g/mol. The maximum atomic E-state index is 11.2. The molecule has 0 saturated carbocycles. The molecule has 3 rings (SSSR count). The number of hydrazone groups is 1. The Bertz CT molecular complexity index is 826. The molecule has 0 amide bonds. The zero-order valence-corrected chi connectivity index (χ0v) is 13.8. The Labute approximate surface area is 148 Å². The summed E-state index contributed by atoms with van der Waals surface area (Å²) in [6, 6.07) is 12.6. The number of nitro groups is 1. The minimum atomic E-state index is -0.505. The average Bonchev–Trinajstić information content (AvgIpc) is 3.07. The van der Waals surface area contributed by atoms with Crippen molar-refractivity contribution in [1.29, 1.82) is 0 Å². The Morgan fingerprint density at radius 2 is 2.00 bits per heavy atom. The zero-order valence-electron chi connectivity index (χ0n) is 13.0. The van der Waals surface area contributed by atoms with Crippen LogP contribution in [0.4, 0.5) is 5.69 Å². The highest BCUT2D eigenvalue weighted by molar-refractivity contribution is 7.80. The molecule has 25 heavy (non-hydrogen) atoms. The van der Waals surface area contributed by atoms with Crippen LogP contribution in [0.1, 0.15) is 11.1 Å². The minimum Gasteiger partial charge on any atom is -0.454 e. The fraction of sp³-hybridized carbons (Fsp3) is 0.125. The number of rotatable bonds is 5. The summed E-state index contributed by atoms with van der Waals surface area (Å²) in [6.07, 6.45) is 1.32. The maximum absolute atomic E-state index is 11.2. The SMILES string of the molecule is O=[N+]([O-])c1cc2c(cc1/C=N/NC(=S)NCc1ccccc1)OCO2. The summed E-state index contributed by atoms with van der Waals surface area (Å²) >= 11 is 5.12. The first-order valence-electron chi connectivity index (χ1n) is 7.32. The number of benzene rings is 2. The van der Waals surface area contributed by atoms with Crippen molar-refractivity contribution in [3.05, 3.63) is 63.7 Å². The molecule has 0 aliphatic carbocycles.